The molecule has 38 heavy (non-hydrogen) atoms. The number of aromatic nitrogens is 2. The number of fused-ring (bicyclic) bond motifs is 1. The molecule has 8 nitrogen and oxygen atoms in total. The molecule has 0 fully saturated rings. The molecule has 0 saturated carbocycles. The highest BCUT2D eigenvalue weighted by Gasteiger charge is 2.43. The van der Waals surface area contributed by atoms with Gasteiger partial charge in [-0.25, -0.2) is 4.68 Å². The molecule has 4 rings (SSSR count). The summed E-state index contributed by atoms with van der Waals surface area (Å²) in [6, 6.07) is 13.0. The number of benzene rings is 2. The number of anilines is 2. The van der Waals surface area contributed by atoms with Crippen molar-refractivity contribution < 1.29 is 27.5 Å². The van der Waals surface area contributed by atoms with E-state index in [1.54, 1.807) is 55.6 Å². The summed E-state index contributed by atoms with van der Waals surface area (Å²) < 4.78 is 47.6. The first-order chi connectivity index (χ1) is 17.8. The lowest BCUT2D eigenvalue weighted by molar-refractivity contribution is -0.142. The van der Waals surface area contributed by atoms with Crippen LogP contribution in [0.4, 0.5) is 24.5 Å². The monoisotopic (exact) mass is 529 g/mol. The quantitative estimate of drug-likeness (QED) is 0.510. The van der Waals surface area contributed by atoms with E-state index in [0.717, 1.165) is 4.68 Å². The molecule has 2 aromatic carbocycles. The van der Waals surface area contributed by atoms with Crippen molar-refractivity contribution in [3.05, 3.63) is 65.5 Å². The lowest BCUT2D eigenvalue weighted by Gasteiger charge is -2.28. The molecule has 11 heteroatoms. The number of ether oxygens (including phenoxy) is 1. The number of amides is 2. The number of nitrogens with zero attached hydrogens (tertiary/aromatic N) is 4. The van der Waals surface area contributed by atoms with Gasteiger partial charge in [0.05, 0.1) is 19.3 Å². The molecule has 0 bridgehead atoms. The summed E-state index contributed by atoms with van der Waals surface area (Å²) in [6.07, 6.45) is -4.71. The van der Waals surface area contributed by atoms with Crippen LogP contribution in [-0.2, 0) is 17.4 Å². The number of methoxy groups -OCH3 is 1. The third-order valence-electron chi connectivity index (χ3n) is 6.29. The Bertz CT molecular complexity index is 1330. The highest BCUT2D eigenvalue weighted by molar-refractivity contribution is 6.07. The van der Waals surface area contributed by atoms with Crippen molar-refractivity contribution in [2.75, 3.05) is 37.0 Å². The zero-order valence-corrected chi connectivity index (χ0v) is 21.9. The fourth-order valence-corrected chi connectivity index (χ4v) is 4.20. The van der Waals surface area contributed by atoms with E-state index in [9.17, 15) is 22.8 Å². The maximum atomic E-state index is 13.8. The summed E-state index contributed by atoms with van der Waals surface area (Å²) in [5.74, 6) is -0.192. The van der Waals surface area contributed by atoms with Crippen LogP contribution in [0.15, 0.2) is 48.5 Å². The van der Waals surface area contributed by atoms with Gasteiger partial charge in [0.25, 0.3) is 5.91 Å². The summed E-state index contributed by atoms with van der Waals surface area (Å²) >= 11 is 0. The van der Waals surface area contributed by atoms with Gasteiger partial charge in [0.1, 0.15) is 11.4 Å². The summed E-state index contributed by atoms with van der Waals surface area (Å²) in [7, 11) is 3.14. The molecule has 202 valence electrons. The van der Waals surface area contributed by atoms with Gasteiger partial charge in [-0.15, -0.1) is 0 Å². The number of likely N-dealkylation sites (N-methyl/N-ethyl adjacent to an activating group) is 1. The Morgan fingerprint density at radius 1 is 1.05 bits per heavy atom. The first kappa shape index (κ1) is 27.2. The molecule has 1 aromatic heterocycles. The molecule has 0 unspecified atom stereocenters. The molecule has 0 radical (unpaired) electrons. The third-order valence-corrected chi connectivity index (χ3v) is 6.29. The van der Waals surface area contributed by atoms with Gasteiger partial charge in [-0.1, -0.05) is 0 Å². The minimum Gasteiger partial charge on any atom is -0.497 e. The van der Waals surface area contributed by atoms with Gasteiger partial charge in [-0.3, -0.25) is 9.59 Å². The molecule has 0 atom stereocenters. The Morgan fingerprint density at radius 2 is 1.66 bits per heavy atom. The van der Waals surface area contributed by atoms with Crippen LogP contribution >= 0.6 is 0 Å². The average Bonchev–Trinajstić information content (AvgIpc) is 3.28. The lowest BCUT2D eigenvalue weighted by atomic mass is 10.0. The zero-order chi connectivity index (χ0) is 27.8. The molecule has 0 saturated heterocycles. The number of hydrogen-bond acceptors (Lipinski definition) is 5. The number of rotatable bonds is 6. The van der Waals surface area contributed by atoms with E-state index in [0.29, 0.717) is 22.8 Å². The second kappa shape index (κ2) is 10.1. The smallest absolute Gasteiger partial charge is 0.435 e. The standard InChI is InChI=1S/C27H30F3N5O3/c1-26(2,3)31-16-22(36)33(4)17-6-8-18(9-7-17)34-15-14-21-23(25(34)37)35(32-24(21)27(28,29)30)19-10-12-20(38-5)13-11-19/h6-13,31H,14-16H2,1-5H3. The highest BCUT2D eigenvalue weighted by atomic mass is 19.4. The first-order valence-electron chi connectivity index (χ1n) is 12.1. The zero-order valence-electron chi connectivity index (χ0n) is 21.9. The maximum Gasteiger partial charge on any atom is 0.435 e. The Morgan fingerprint density at radius 3 is 2.21 bits per heavy atom. The fourth-order valence-electron chi connectivity index (χ4n) is 4.20. The van der Waals surface area contributed by atoms with Crippen LogP contribution in [0.5, 0.6) is 5.75 Å². The normalized spacial score (nSPS) is 13.9. The number of hydrogen-bond donors (Lipinski definition) is 1. The van der Waals surface area contributed by atoms with E-state index in [1.807, 2.05) is 20.8 Å². The Balaban J connectivity index is 1.63. The summed E-state index contributed by atoms with van der Waals surface area (Å²) in [5.41, 5.74) is -0.0710. The van der Waals surface area contributed by atoms with E-state index in [-0.39, 0.29) is 42.2 Å². The number of carbonyl (C=O) groups is 2. The van der Waals surface area contributed by atoms with Gasteiger partial charge < -0.3 is 19.9 Å². The van der Waals surface area contributed by atoms with Crippen LogP contribution in [-0.4, -0.2) is 54.4 Å². The molecule has 0 aliphatic carbocycles. The van der Waals surface area contributed by atoms with Gasteiger partial charge in [0, 0.05) is 36.1 Å². The number of halogens is 3. The lowest BCUT2D eigenvalue weighted by Crippen LogP contribution is -2.44. The Labute approximate surface area is 219 Å². The second-order valence-electron chi connectivity index (χ2n) is 10.1. The summed E-state index contributed by atoms with van der Waals surface area (Å²) in [4.78, 5) is 29.1. The minimum atomic E-state index is -4.70. The van der Waals surface area contributed by atoms with Gasteiger partial charge in [-0.2, -0.15) is 18.3 Å². The Hall–Kier alpha value is -3.86. The molecule has 3 aromatic rings. The molecular weight excluding hydrogens is 499 g/mol. The minimum absolute atomic E-state index is 0.00924. The first-order valence-corrected chi connectivity index (χ1v) is 12.1. The SMILES string of the molecule is COc1ccc(-n2nc(C(F)(F)F)c3c2C(=O)N(c2ccc(N(C)C(=O)CNC(C)(C)C)cc2)CC3)cc1. The van der Waals surface area contributed by atoms with E-state index in [2.05, 4.69) is 10.4 Å². The predicted molar refractivity (Wildman–Crippen MR) is 138 cm³/mol. The van der Waals surface area contributed by atoms with Gasteiger partial charge in [-0.05, 0) is 75.7 Å². The van der Waals surface area contributed by atoms with Gasteiger partial charge in [0.2, 0.25) is 5.91 Å². The van der Waals surface area contributed by atoms with E-state index >= 15 is 0 Å². The number of carbonyl (C=O) groups excluding carboxylic acids is 2. The van der Waals surface area contributed by atoms with Crippen molar-refractivity contribution in [3.8, 4) is 11.4 Å². The third kappa shape index (κ3) is 5.52. The molecule has 0 spiro atoms. The predicted octanol–water partition coefficient (Wildman–Crippen LogP) is 4.45. The van der Waals surface area contributed by atoms with Crippen molar-refractivity contribution in [3.63, 3.8) is 0 Å². The highest BCUT2D eigenvalue weighted by Crippen LogP contribution is 2.37. The van der Waals surface area contributed by atoms with E-state index in [4.69, 9.17) is 4.74 Å². The van der Waals surface area contributed by atoms with E-state index < -0.39 is 17.8 Å². The van der Waals surface area contributed by atoms with Gasteiger partial charge in [0.15, 0.2) is 5.69 Å². The van der Waals surface area contributed by atoms with E-state index in [1.165, 1.54) is 16.9 Å². The summed E-state index contributed by atoms with van der Waals surface area (Å²) in [6.45, 7) is 6.12. The van der Waals surface area contributed by atoms with Crippen molar-refractivity contribution in [2.45, 2.75) is 38.9 Å². The topological polar surface area (TPSA) is 79.7 Å². The van der Waals surface area contributed by atoms with Crippen LogP contribution in [0, 0.1) is 0 Å². The maximum absolute atomic E-state index is 13.8. The largest absolute Gasteiger partial charge is 0.497 e. The molecule has 1 N–H and O–H groups in total. The van der Waals surface area contributed by atoms with Crippen LogP contribution in [0.2, 0.25) is 0 Å². The average molecular weight is 530 g/mol. The van der Waals surface area contributed by atoms with Crippen LogP contribution in [0.1, 0.15) is 42.5 Å². The fraction of sp³-hybridized carbons (Fsp3) is 0.370. The van der Waals surface area contributed by atoms with Gasteiger partial charge >= 0.3 is 6.18 Å². The van der Waals surface area contributed by atoms with Crippen molar-refractivity contribution in [1.82, 2.24) is 15.1 Å². The summed E-state index contributed by atoms with van der Waals surface area (Å²) in [5, 5.41) is 6.96. The van der Waals surface area contributed by atoms with Crippen LogP contribution < -0.4 is 19.9 Å². The molecular formula is C27H30F3N5O3. The van der Waals surface area contributed by atoms with Crippen LogP contribution in [0.25, 0.3) is 5.69 Å². The molecule has 2 amide bonds. The number of nitrogens with one attached hydrogen (secondary N) is 1. The molecule has 2 heterocycles. The second-order valence-corrected chi connectivity index (χ2v) is 10.1. The molecule has 1 aliphatic heterocycles. The van der Waals surface area contributed by atoms with Crippen molar-refractivity contribution >= 4 is 23.2 Å². The molecule has 1 aliphatic rings. The van der Waals surface area contributed by atoms with Crippen molar-refractivity contribution in [1.29, 1.82) is 0 Å². The van der Waals surface area contributed by atoms with Crippen molar-refractivity contribution in [2.24, 2.45) is 0 Å². The Kier molecular flexibility index (Phi) is 7.24. The van der Waals surface area contributed by atoms with Crippen LogP contribution in [0.3, 0.4) is 0 Å². The number of alkyl halides is 3.